The fourth-order valence-corrected chi connectivity index (χ4v) is 1.13. The number of carbonyl (C=O) groups excluding carboxylic acids is 2. The summed E-state index contributed by atoms with van der Waals surface area (Å²) in [6.45, 7) is 8.48. The van der Waals surface area contributed by atoms with Gasteiger partial charge in [0.15, 0.2) is 0 Å². The van der Waals surface area contributed by atoms with E-state index >= 15 is 0 Å². The Kier molecular flexibility index (Phi) is 8.04. The van der Waals surface area contributed by atoms with Gasteiger partial charge >= 0.3 is 11.9 Å². The molecule has 0 aliphatic heterocycles. The zero-order valence-corrected chi connectivity index (χ0v) is 11.8. The van der Waals surface area contributed by atoms with Crippen molar-refractivity contribution in [2.75, 3.05) is 13.2 Å². The Labute approximate surface area is 108 Å². The summed E-state index contributed by atoms with van der Waals surface area (Å²) >= 11 is 4.04. The zero-order chi connectivity index (χ0) is 13.4. The van der Waals surface area contributed by atoms with Crippen LogP contribution < -0.4 is 0 Å². The number of esters is 2. The molecular weight excluding hydrogens is 240 g/mol. The van der Waals surface area contributed by atoms with Gasteiger partial charge in [0.1, 0.15) is 5.25 Å². The number of hydrogen-bond acceptors (Lipinski definition) is 5. The van der Waals surface area contributed by atoms with E-state index in [0.717, 1.165) is 0 Å². The molecule has 100 valence electrons. The standard InChI is InChI=1S/C12H22O4S/c1-8(2)6-15-11(13)5-10(17)12(14)16-7-9(3)4/h8-10,17H,5-7H2,1-4H3. The van der Waals surface area contributed by atoms with Crippen LogP contribution in [-0.4, -0.2) is 30.4 Å². The van der Waals surface area contributed by atoms with E-state index in [1.807, 2.05) is 27.7 Å². The maximum atomic E-state index is 11.4. The highest BCUT2D eigenvalue weighted by Crippen LogP contribution is 2.07. The number of ether oxygens (including phenoxy) is 2. The molecule has 0 N–H and O–H groups in total. The third-order valence-electron chi connectivity index (χ3n) is 1.77. The van der Waals surface area contributed by atoms with E-state index in [4.69, 9.17) is 9.47 Å². The molecule has 0 aliphatic carbocycles. The second-order valence-electron chi connectivity index (χ2n) is 4.82. The minimum atomic E-state index is -0.742. The quantitative estimate of drug-likeness (QED) is 0.564. The summed E-state index contributed by atoms with van der Waals surface area (Å²) in [5, 5.41) is -0.742. The van der Waals surface area contributed by atoms with Crippen molar-refractivity contribution < 1.29 is 19.1 Å². The molecule has 0 radical (unpaired) electrons. The second kappa shape index (κ2) is 8.39. The van der Waals surface area contributed by atoms with Crippen LogP contribution in [0.5, 0.6) is 0 Å². The highest BCUT2D eigenvalue weighted by molar-refractivity contribution is 7.81. The minimum Gasteiger partial charge on any atom is -0.465 e. The second-order valence-corrected chi connectivity index (χ2v) is 5.44. The van der Waals surface area contributed by atoms with Crippen LogP contribution in [0.25, 0.3) is 0 Å². The Morgan fingerprint density at radius 2 is 1.47 bits per heavy atom. The third kappa shape index (κ3) is 9.03. The van der Waals surface area contributed by atoms with Crippen molar-refractivity contribution >= 4 is 24.6 Å². The summed E-state index contributed by atoms with van der Waals surface area (Å²) in [7, 11) is 0. The smallest absolute Gasteiger partial charge is 0.319 e. The minimum absolute atomic E-state index is 0.0488. The Hall–Kier alpha value is -0.710. The Bertz CT molecular complexity index is 251. The summed E-state index contributed by atoms with van der Waals surface area (Å²) in [4.78, 5) is 22.7. The van der Waals surface area contributed by atoms with Crippen molar-refractivity contribution in [2.45, 2.75) is 39.4 Å². The molecule has 0 spiro atoms. The van der Waals surface area contributed by atoms with Gasteiger partial charge < -0.3 is 9.47 Å². The van der Waals surface area contributed by atoms with E-state index in [-0.39, 0.29) is 18.3 Å². The Morgan fingerprint density at radius 1 is 1.00 bits per heavy atom. The van der Waals surface area contributed by atoms with Gasteiger partial charge in [-0.25, -0.2) is 0 Å². The third-order valence-corrected chi connectivity index (χ3v) is 2.16. The molecule has 0 saturated carbocycles. The molecule has 0 aromatic carbocycles. The van der Waals surface area contributed by atoms with Gasteiger partial charge in [-0.05, 0) is 11.8 Å². The number of rotatable bonds is 7. The maximum absolute atomic E-state index is 11.4. The summed E-state index contributed by atoms with van der Waals surface area (Å²) in [5.41, 5.74) is 0. The topological polar surface area (TPSA) is 52.6 Å². The van der Waals surface area contributed by atoms with Crippen molar-refractivity contribution in [2.24, 2.45) is 11.8 Å². The molecule has 17 heavy (non-hydrogen) atoms. The van der Waals surface area contributed by atoms with Gasteiger partial charge in [-0.15, -0.1) is 0 Å². The predicted octanol–water partition coefficient (Wildman–Crippen LogP) is 2.07. The Balaban J connectivity index is 3.86. The molecule has 0 aromatic heterocycles. The van der Waals surface area contributed by atoms with Gasteiger partial charge in [-0.1, -0.05) is 27.7 Å². The van der Waals surface area contributed by atoms with Crippen LogP contribution in [-0.2, 0) is 19.1 Å². The molecule has 5 heteroatoms. The average Bonchev–Trinajstić information content (AvgIpc) is 2.22. The van der Waals surface area contributed by atoms with Gasteiger partial charge in [0.2, 0.25) is 0 Å². The molecule has 0 rings (SSSR count). The maximum Gasteiger partial charge on any atom is 0.319 e. The lowest BCUT2D eigenvalue weighted by Crippen LogP contribution is -2.24. The van der Waals surface area contributed by atoms with E-state index < -0.39 is 17.2 Å². The van der Waals surface area contributed by atoms with Gasteiger partial charge in [0, 0.05) is 0 Å². The molecule has 0 aromatic rings. The monoisotopic (exact) mass is 262 g/mol. The van der Waals surface area contributed by atoms with Gasteiger partial charge in [0.05, 0.1) is 19.6 Å². The normalized spacial score (nSPS) is 12.6. The molecule has 1 unspecified atom stereocenters. The summed E-state index contributed by atoms with van der Waals surface area (Å²) in [6.07, 6.45) is -0.0488. The van der Waals surface area contributed by atoms with Gasteiger partial charge in [-0.2, -0.15) is 12.6 Å². The number of hydrogen-bond donors (Lipinski definition) is 1. The molecule has 4 nitrogen and oxygen atoms in total. The fourth-order valence-electron chi connectivity index (χ4n) is 0.905. The van der Waals surface area contributed by atoms with Crippen molar-refractivity contribution in [3.63, 3.8) is 0 Å². The lowest BCUT2D eigenvalue weighted by Gasteiger charge is -2.12. The molecule has 1 atom stereocenters. The van der Waals surface area contributed by atoms with E-state index in [2.05, 4.69) is 12.6 Å². The summed E-state index contributed by atoms with van der Waals surface area (Å²) in [6, 6.07) is 0. The SMILES string of the molecule is CC(C)COC(=O)CC(S)C(=O)OCC(C)C. The van der Waals surface area contributed by atoms with E-state index in [9.17, 15) is 9.59 Å². The van der Waals surface area contributed by atoms with Crippen LogP contribution in [0.2, 0.25) is 0 Å². The van der Waals surface area contributed by atoms with Crippen LogP contribution >= 0.6 is 12.6 Å². The lowest BCUT2D eigenvalue weighted by molar-refractivity contribution is -0.150. The van der Waals surface area contributed by atoms with Gasteiger partial charge in [0.25, 0.3) is 0 Å². The van der Waals surface area contributed by atoms with Gasteiger partial charge in [-0.3, -0.25) is 9.59 Å². The van der Waals surface area contributed by atoms with Crippen LogP contribution in [0.3, 0.4) is 0 Å². The van der Waals surface area contributed by atoms with Crippen molar-refractivity contribution in [3.8, 4) is 0 Å². The molecule has 0 aliphatic rings. The fraction of sp³-hybridized carbons (Fsp3) is 0.833. The summed E-state index contributed by atoms with van der Waals surface area (Å²) in [5.74, 6) is -0.332. The van der Waals surface area contributed by atoms with Crippen molar-refractivity contribution in [1.82, 2.24) is 0 Å². The molecular formula is C12H22O4S. The van der Waals surface area contributed by atoms with Crippen LogP contribution in [0.4, 0.5) is 0 Å². The number of carbonyl (C=O) groups is 2. The van der Waals surface area contributed by atoms with Crippen molar-refractivity contribution in [1.29, 1.82) is 0 Å². The van der Waals surface area contributed by atoms with Crippen LogP contribution in [0.15, 0.2) is 0 Å². The molecule has 0 bridgehead atoms. The van der Waals surface area contributed by atoms with E-state index in [0.29, 0.717) is 13.2 Å². The predicted molar refractivity (Wildman–Crippen MR) is 69.0 cm³/mol. The first-order valence-corrected chi connectivity index (χ1v) is 6.34. The highest BCUT2D eigenvalue weighted by atomic mass is 32.1. The molecule has 0 saturated heterocycles. The summed E-state index contributed by atoms with van der Waals surface area (Å²) < 4.78 is 9.92. The molecule has 0 fully saturated rings. The van der Waals surface area contributed by atoms with E-state index in [1.165, 1.54) is 0 Å². The lowest BCUT2D eigenvalue weighted by atomic mass is 10.2. The average molecular weight is 262 g/mol. The largest absolute Gasteiger partial charge is 0.465 e. The first-order valence-electron chi connectivity index (χ1n) is 5.83. The van der Waals surface area contributed by atoms with Crippen LogP contribution in [0, 0.1) is 11.8 Å². The highest BCUT2D eigenvalue weighted by Gasteiger charge is 2.20. The molecule has 0 heterocycles. The molecule has 0 amide bonds. The first-order chi connectivity index (χ1) is 7.82. The number of thiol groups is 1. The van der Waals surface area contributed by atoms with Crippen LogP contribution in [0.1, 0.15) is 34.1 Å². The first kappa shape index (κ1) is 16.3. The zero-order valence-electron chi connectivity index (χ0n) is 10.9. The van der Waals surface area contributed by atoms with E-state index in [1.54, 1.807) is 0 Å². The van der Waals surface area contributed by atoms with Crippen molar-refractivity contribution in [3.05, 3.63) is 0 Å². The Morgan fingerprint density at radius 3 is 1.94 bits per heavy atom.